The molecular formula is C21H34O4S. The number of benzene rings is 1. The first kappa shape index (κ1) is 21.4. The molecule has 0 spiro atoms. The first-order valence-electron chi connectivity index (χ1n) is 10.1. The largest absolute Gasteiger partial charge is 0.370 e. The highest BCUT2D eigenvalue weighted by Gasteiger charge is 2.36. The molecule has 0 aliphatic carbocycles. The molecule has 5 heteroatoms. The quantitative estimate of drug-likeness (QED) is 0.246. The molecule has 1 aromatic carbocycles. The minimum absolute atomic E-state index is 0.0655. The van der Waals surface area contributed by atoms with E-state index in [1.807, 2.05) is 6.92 Å². The van der Waals surface area contributed by atoms with Gasteiger partial charge in [0.1, 0.15) is 12.2 Å². The predicted molar refractivity (Wildman–Crippen MR) is 105 cm³/mol. The van der Waals surface area contributed by atoms with Crippen molar-refractivity contribution in [2.75, 3.05) is 6.61 Å². The van der Waals surface area contributed by atoms with Gasteiger partial charge in [-0.2, -0.15) is 8.42 Å². The van der Waals surface area contributed by atoms with Crippen LogP contribution in [0.5, 0.6) is 0 Å². The van der Waals surface area contributed by atoms with Crippen molar-refractivity contribution in [3.05, 3.63) is 29.8 Å². The van der Waals surface area contributed by atoms with Crippen LogP contribution in [0.15, 0.2) is 29.2 Å². The van der Waals surface area contributed by atoms with Crippen molar-refractivity contribution in [3.8, 4) is 0 Å². The van der Waals surface area contributed by atoms with Crippen LogP contribution in [0.2, 0.25) is 0 Å². The lowest BCUT2D eigenvalue weighted by Gasteiger charge is -2.15. The lowest BCUT2D eigenvalue weighted by Crippen LogP contribution is -2.24. The molecule has 2 rings (SSSR count). The Kier molecular flexibility index (Phi) is 9.09. The van der Waals surface area contributed by atoms with Crippen LogP contribution in [0, 0.1) is 6.92 Å². The van der Waals surface area contributed by atoms with E-state index in [0.717, 1.165) is 24.8 Å². The summed E-state index contributed by atoms with van der Waals surface area (Å²) in [7, 11) is -3.72. The number of epoxide rings is 1. The fraction of sp³-hybridized carbons (Fsp3) is 0.714. The fourth-order valence-electron chi connectivity index (χ4n) is 3.15. The molecule has 0 amide bonds. The van der Waals surface area contributed by atoms with Crippen LogP contribution in [-0.4, -0.2) is 27.2 Å². The zero-order valence-corrected chi connectivity index (χ0v) is 17.1. The summed E-state index contributed by atoms with van der Waals surface area (Å²) >= 11 is 0. The van der Waals surface area contributed by atoms with Crippen LogP contribution in [0.3, 0.4) is 0 Å². The zero-order chi connectivity index (χ0) is 18.8. The minimum Gasteiger partial charge on any atom is -0.370 e. The summed E-state index contributed by atoms with van der Waals surface area (Å²) in [6, 6.07) is 6.79. The predicted octanol–water partition coefficient (Wildman–Crippen LogP) is 5.39. The van der Waals surface area contributed by atoms with Gasteiger partial charge in [0.05, 0.1) is 11.5 Å². The molecule has 0 N–H and O–H groups in total. The highest BCUT2D eigenvalue weighted by molar-refractivity contribution is 7.86. The SMILES string of the molecule is CCCCCCCCCCC[C@H](OS(=O)(=O)c1ccc(C)cc1)[C@H]1CO1. The van der Waals surface area contributed by atoms with Crippen LogP contribution in [-0.2, 0) is 19.0 Å². The van der Waals surface area contributed by atoms with Gasteiger partial charge in [0.25, 0.3) is 10.1 Å². The van der Waals surface area contributed by atoms with Crippen LogP contribution in [0.1, 0.15) is 76.7 Å². The van der Waals surface area contributed by atoms with E-state index in [1.165, 1.54) is 44.9 Å². The summed E-state index contributed by atoms with van der Waals surface area (Å²) in [5, 5.41) is 0. The molecule has 0 unspecified atom stereocenters. The number of aryl methyl sites for hydroxylation is 1. The Hall–Kier alpha value is -0.910. The lowest BCUT2D eigenvalue weighted by molar-refractivity contribution is 0.153. The van der Waals surface area contributed by atoms with Gasteiger partial charge in [-0.1, -0.05) is 82.4 Å². The fourth-order valence-corrected chi connectivity index (χ4v) is 4.27. The second kappa shape index (κ2) is 11.1. The Balaban J connectivity index is 1.69. The first-order valence-corrected chi connectivity index (χ1v) is 11.6. The highest BCUT2D eigenvalue weighted by Crippen LogP contribution is 2.26. The normalized spacial score (nSPS) is 18.0. The maximum Gasteiger partial charge on any atom is 0.297 e. The van der Waals surface area contributed by atoms with Crippen molar-refractivity contribution >= 4 is 10.1 Å². The highest BCUT2D eigenvalue weighted by atomic mass is 32.2. The van der Waals surface area contributed by atoms with Crippen molar-refractivity contribution < 1.29 is 17.3 Å². The summed E-state index contributed by atoms with van der Waals surface area (Å²) < 4.78 is 35.8. The number of ether oxygens (including phenoxy) is 1. The third kappa shape index (κ3) is 7.77. The first-order chi connectivity index (χ1) is 12.5. The van der Waals surface area contributed by atoms with E-state index in [1.54, 1.807) is 24.3 Å². The van der Waals surface area contributed by atoms with Crippen LogP contribution >= 0.6 is 0 Å². The van der Waals surface area contributed by atoms with Crippen LogP contribution in [0.4, 0.5) is 0 Å². The Morgan fingerprint density at radius 2 is 1.54 bits per heavy atom. The van der Waals surface area contributed by atoms with Gasteiger partial charge in [-0.15, -0.1) is 0 Å². The second-order valence-corrected chi connectivity index (χ2v) is 8.96. The van der Waals surface area contributed by atoms with E-state index in [4.69, 9.17) is 8.92 Å². The van der Waals surface area contributed by atoms with E-state index < -0.39 is 10.1 Å². The summed E-state index contributed by atoms with van der Waals surface area (Å²) in [6.07, 6.45) is 11.6. The van der Waals surface area contributed by atoms with Crippen molar-refractivity contribution in [1.29, 1.82) is 0 Å². The molecule has 1 fully saturated rings. The molecule has 1 aliphatic heterocycles. The third-order valence-electron chi connectivity index (χ3n) is 4.93. The average Bonchev–Trinajstić information content (AvgIpc) is 3.44. The summed E-state index contributed by atoms with van der Waals surface area (Å²) in [5.41, 5.74) is 1.03. The van der Waals surface area contributed by atoms with Crippen molar-refractivity contribution in [2.45, 2.75) is 95.2 Å². The topological polar surface area (TPSA) is 55.9 Å². The number of hydrogen-bond donors (Lipinski definition) is 0. The van der Waals surface area contributed by atoms with Crippen molar-refractivity contribution in [2.24, 2.45) is 0 Å². The Bertz CT molecular complexity index is 605. The second-order valence-electron chi connectivity index (χ2n) is 7.39. The Morgan fingerprint density at radius 1 is 1.00 bits per heavy atom. The molecule has 1 aromatic rings. The summed E-state index contributed by atoms with van der Waals surface area (Å²) in [5.74, 6) is 0. The number of hydrogen-bond acceptors (Lipinski definition) is 4. The molecule has 4 nitrogen and oxygen atoms in total. The van der Waals surface area contributed by atoms with Gasteiger partial charge < -0.3 is 4.74 Å². The monoisotopic (exact) mass is 382 g/mol. The van der Waals surface area contributed by atoms with Crippen LogP contribution < -0.4 is 0 Å². The van der Waals surface area contributed by atoms with Crippen LogP contribution in [0.25, 0.3) is 0 Å². The van der Waals surface area contributed by atoms with E-state index in [0.29, 0.717) is 6.61 Å². The standard InChI is InChI=1S/C21H34O4S/c1-3-4-5-6-7-8-9-10-11-12-20(21-17-24-21)25-26(22,23)19-15-13-18(2)14-16-19/h13-16,20-21H,3-12,17H2,1-2H3/t20-,21+/m0/s1. The molecule has 1 aliphatic rings. The van der Waals surface area contributed by atoms with Gasteiger partial charge in [-0.05, 0) is 25.5 Å². The molecule has 0 radical (unpaired) electrons. The zero-order valence-electron chi connectivity index (χ0n) is 16.3. The lowest BCUT2D eigenvalue weighted by atomic mass is 10.0. The molecule has 2 atom stereocenters. The molecule has 26 heavy (non-hydrogen) atoms. The third-order valence-corrected chi connectivity index (χ3v) is 6.28. The number of rotatable bonds is 14. The van der Waals surface area contributed by atoms with Gasteiger partial charge in [-0.25, -0.2) is 0 Å². The summed E-state index contributed by atoms with van der Waals surface area (Å²) in [6.45, 7) is 4.77. The van der Waals surface area contributed by atoms with E-state index >= 15 is 0 Å². The van der Waals surface area contributed by atoms with Crippen molar-refractivity contribution in [1.82, 2.24) is 0 Å². The average molecular weight is 383 g/mol. The van der Waals surface area contributed by atoms with Crippen molar-refractivity contribution in [3.63, 3.8) is 0 Å². The molecule has 0 saturated carbocycles. The summed E-state index contributed by atoms with van der Waals surface area (Å²) in [4.78, 5) is 0.223. The van der Waals surface area contributed by atoms with Gasteiger partial charge in [0, 0.05) is 0 Å². The van der Waals surface area contributed by atoms with Gasteiger partial charge in [0.15, 0.2) is 0 Å². The molecule has 0 aromatic heterocycles. The van der Waals surface area contributed by atoms with Gasteiger partial charge in [-0.3, -0.25) is 4.18 Å². The van der Waals surface area contributed by atoms with E-state index in [9.17, 15) is 8.42 Å². The number of unbranched alkanes of at least 4 members (excludes halogenated alkanes) is 8. The molecular weight excluding hydrogens is 348 g/mol. The Morgan fingerprint density at radius 3 is 2.08 bits per heavy atom. The molecule has 0 bridgehead atoms. The maximum absolute atomic E-state index is 12.5. The molecule has 1 saturated heterocycles. The van der Waals surface area contributed by atoms with E-state index in [2.05, 4.69) is 6.92 Å². The van der Waals surface area contributed by atoms with Gasteiger partial charge in [0.2, 0.25) is 0 Å². The maximum atomic E-state index is 12.5. The smallest absolute Gasteiger partial charge is 0.297 e. The molecule has 148 valence electrons. The molecule has 1 heterocycles. The van der Waals surface area contributed by atoms with Gasteiger partial charge >= 0.3 is 0 Å². The Labute approximate surface area is 159 Å². The van der Waals surface area contributed by atoms with E-state index in [-0.39, 0.29) is 17.1 Å². The minimum atomic E-state index is -3.72.